The van der Waals surface area contributed by atoms with Crippen molar-refractivity contribution in [1.82, 2.24) is 20.3 Å². The maximum Gasteiger partial charge on any atom is 0.234 e. The van der Waals surface area contributed by atoms with Gasteiger partial charge in [0.25, 0.3) is 0 Å². The van der Waals surface area contributed by atoms with Crippen molar-refractivity contribution in [2.45, 2.75) is 20.0 Å². The highest BCUT2D eigenvalue weighted by Gasteiger charge is 2.11. The van der Waals surface area contributed by atoms with Crippen LogP contribution >= 0.6 is 0 Å². The number of nitrogens with zero attached hydrogens (tertiary/aromatic N) is 3. The summed E-state index contributed by atoms with van der Waals surface area (Å²) in [5.74, 6) is -0.966. The zero-order chi connectivity index (χ0) is 12.8. The van der Waals surface area contributed by atoms with E-state index in [1.807, 2.05) is 0 Å². The summed E-state index contributed by atoms with van der Waals surface area (Å²) in [6.45, 7) is 2.28. The Balaban J connectivity index is 2.48. The molecular formula is C9H16N6O2. The van der Waals surface area contributed by atoms with Crippen LogP contribution in [0.5, 0.6) is 0 Å². The lowest BCUT2D eigenvalue weighted by atomic mass is 10.2. The van der Waals surface area contributed by atoms with Crippen molar-refractivity contribution < 1.29 is 9.59 Å². The Morgan fingerprint density at radius 3 is 2.88 bits per heavy atom. The van der Waals surface area contributed by atoms with Crippen molar-refractivity contribution in [2.24, 2.45) is 17.4 Å². The summed E-state index contributed by atoms with van der Waals surface area (Å²) in [7, 11) is 0. The minimum absolute atomic E-state index is 0.0627. The van der Waals surface area contributed by atoms with Crippen LogP contribution in [0.2, 0.25) is 0 Å². The molecule has 1 atom stereocenters. The van der Waals surface area contributed by atoms with Crippen molar-refractivity contribution in [3.05, 3.63) is 11.9 Å². The molecule has 1 heterocycles. The van der Waals surface area contributed by atoms with Crippen LogP contribution in [0.3, 0.4) is 0 Å². The molecule has 0 saturated heterocycles. The predicted octanol–water partition coefficient (Wildman–Crippen LogP) is -2.03. The number of aromatic nitrogens is 3. The monoisotopic (exact) mass is 240 g/mol. The summed E-state index contributed by atoms with van der Waals surface area (Å²) in [6.07, 6.45) is 1.65. The third-order valence-corrected chi connectivity index (χ3v) is 2.18. The van der Waals surface area contributed by atoms with Gasteiger partial charge in [0.1, 0.15) is 5.69 Å². The van der Waals surface area contributed by atoms with E-state index in [0.29, 0.717) is 12.2 Å². The molecule has 8 nitrogen and oxygen atoms in total. The fraction of sp³-hybridized carbons (Fsp3) is 0.556. The van der Waals surface area contributed by atoms with Gasteiger partial charge in [-0.25, -0.2) is 0 Å². The van der Waals surface area contributed by atoms with Crippen LogP contribution in [0.15, 0.2) is 6.20 Å². The van der Waals surface area contributed by atoms with E-state index in [1.165, 1.54) is 4.68 Å². The van der Waals surface area contributed by atoms with Crippen LogP contribution in [0.25, 0.3) is 0 Å². The molecule has 0 aliphatic heterocycles. The van der Waals surface area contributed by atoms with Gasteiger partial charge in [-0.2, -0.15) is 0 Å². The number of hydrogen-bond donors (Lipinski definition) is 3. The van der Waals surface area contributed by atoms with E-state index in [4.69, 9.17) is 11.5 Å². The average molecular weight is 240 g/mol. The van der Waals surface area contributed by atoms with E-state index in [1.54, 1.807) is 13.1 Å². The van der Waals surface area contributed by atoms with E-state index >= 15 is 0 Å². The first-order valence-corrected chi connectivity index (χ1v) is 5.18. The fourth-order valence-electron chi connectivity index (χ4n) is 1.14. The number of nitrogens with one attached hydrogen (secondary N) is 1. The van der Waals surface area contributed by atoms with Crippen molar-refractivity contribution in [3.63, 3.8) is 0 Å². The highest BCUT2D eigenvalue weighted by Crippen LogP contribution is 1.99. The van der Waals surface area contributed by atoms with Crippen molar-refractivity contribution in [1.29, 1.82) is 0 Å². The topological polar surface area (TPSA) is 129 Å². The first-order chi connectivity index (χ1) is 8.02. The highest BCUT2D eigenvalue weighted by molar-refractivity contribution is 5.77. The van der Waals surface area contributed by atoms with E-state index in [9.17, 15) is 9.59 Å². The Labute approximate surface area is 98.3 Å². The van der Waals surface area contributed by atoms with E-state index < -0.39 is 5.91 Å². The normalized spacial score (nSPS) is 12.1. The third kappa shape index (κ3) is 4.19. The molecule has 1 aromatic rings. The first kappa shape index (κ1) is 13.1. The zero-order valence-electron chi connectivity index (χ0n) is 9.59. The molecule has 0 aliphatic rings. The predicted molar refractivity (Wildman–Crippen MR) is 59.3 cm³/mol. The SMILES string of the molecule is CC(Cn1cc(CNC(=O)CN)nn1)C(N)=O. The smallest absolute Gasteiger partial charge is 0.234 e. The van der Waals surface area contributed by atoms with Crippen LogP contribution in [-0.4, -0.2) is 33.4 Å². The van der Waals surface area contributed by atoms with E-state index in [0.717, 1.165) is 0 Å². The summed E-state index contributed by atoms with van der Waals surface area (Å²) in [4.78, 5) is 21.8. The average Bonchev–Trinajstić information content (AvgIpc) is 2.73. The van der Waals surface area contributed by atoms with Crippen LogP contribution in [0.1, 0.15) is 12.6 Å². The van der Waals surface area contributed by atoms with Gasteiger partial charge in [0.2, 0.25) is 11.8 Å². The second-order valence-corrected chi connectivity index (χ2v) is 3.72. The van der Waals surface area contributed by atoms with Gasteiger partial charge in [-0.3, -0.25) is 14.3 Å². The third-order valence-electron chi connectivity index (χ3n) is 2.18. The highest BCUT2D eigenvalue weighted by atomic mass is 16.2. The van der Waals surface area contributed by atoms with Crippen LogP contribution in [0.4, 0.5) is 0 Å². The summed E-state index contributed by atoms with van der Waals surface area (Å²) in [6, 6.07) is 0. The molecule has 8 heteroatoms. The standard InChI is InChI=1S/C9H16N6O2/c1-6(9(11)17)4-15-5-7(13-14-15)3-12-8(16)2-10/h5-6H,2-4,10H2,1H3,(H2,11,17)(H,12,16). The Bertz CT molecular complexity index is 402. The molecular weight excluding hydrogens is 224 g/mol. The van der Waals surface area contributed by atoms with E-state index in [-0.39, 0.29) is 24.9 Å². The maximum absolute atomic E-state index is 10.9. The molecule has 5 N–H and O–H groups in total. The molecule has 94 valence electrons. The number of carbonyl (C=O) groups is 2. The lowest BCUT2D eigenvalue weighted by molar-refractivity contribution is -0.122. The van der Waals surface area contributed by atoms with Crippen molar-refractivity contribution >= 4 is 11.8 Å². The molecule has 0 bridgehead atoms. The minimum atomic E-state index is -0.390. The number of amides is 2. The molecule has 0 spiro atoms. The molecule has 1 aromatic heterocycles. The summed E-state index contributed by atoms with van der Waals surface area (Å²) in [5.41, 5.74) is 10.9. The maximum atomic E-state index is 10.9. The molecule has 0 fully saturated rings. The summed E-state index contributed by atoms with van der Waals surface area (Å²) < 4.78 is 1.51. The summed E-state index contributed by atoms with van der Waals surface area (Å²) in [5, 5.41) is 10.2. The number of carbonyl (C=O) groups excluding carboxylic acids is 2. The molecule has 1 rings (SSSR count). The van der Waals surface area contributed by atoms with Gasteiger partial charge in [0, 0.05) is 0 Å². The van der Waals surface area contributed by atoms with Gasteiger partial charge >= 0.3 is 0 Å². The Kier molecular flexibility index (Phi) is 4.58. The Morgan fingerprint density at radius 1 is 1.59 bits per heavy atom. The molecule has 0 aromatic carbocycles. The Hall–Kier alpha value is -1.96. The van der Waals surface area contributed by atoms with Gasteiger partial charge in [-0.15, -0.1) is 5.10 Å². The van der Waals surface area contributed by atoms with Crippen molar-refractivity contribution in [2.75, 3.05) is 6.54 Å². The number of primary amides is 1. The molecule has 0 radical (unpaired) electrons. The molecule has 0 saturated carbocycles. The quantitative estimate of drug-likeness (QED) is 0.528. The second-order valence-electron chi connectivity index (χ2n) is 3.72. The van der Waals surface area contributed by atoms with Gasteiger partial charge < -0.3 is 16.8 Å². The van der Waals surface area contributed by atoms with Crippen LogP contribution < -0.4 is 16.8 Å². The lowest BCUT2D eigenvalue weighted by Crippen LogP contribution is -2.29. The first-order valence-electron chi connectivity index (χ1n) is 5.18. The summed E-state index contributed by atoms with van der Waals surface area (Å²) >= 11 is 0. The van der Waals surface area contributed by atoms with Crippen LogP contribution in [0, 0.1) is 5.92 Å². The van der Waals surface area contributed by atoms with Gasteiger partial charge in [0.05, 0.1) is 31.7 Å². The number of nitrogens with two attached hydrogens (primary N) is 2. The lowest BCUT2D eigenvalue weighted by Gasteiger charge is -2.05. The van der Waals surface area contributed by atoms with Gasteiger partial charge in [-0.05, 0) is 0 Å². The number of hydrogen-bond acceptors (Lipinski definition) is 5. The van der Waals surface area contributed by atoms with Gasteiger partial charge in [-0.1, -0.05) is 12.1 Å². The fourth-order valence-corrected chi connectivity index (χ4v) is 1.14. The molecule has 0 aliphatic carbocycles. The van der Waals surface area contributed by atoms with Gasteiger partial charge in [0.15, 0.2) is 0 Å². The molecule has 1 unspecified atom stereocenters. The number of rotatable bonds is 6. The van der Waals surface area contributed by atoms with Crippen molar-refractivity contribution in [3.8, 4) is 0 Å². The molecule has 17 heavy (non-hydrogen) atoms. The molecule has 2 amide bonds. The second kappa shape index (κ2) is 5.94. The Morgan fingerprint density at radius 2 is 2.29 bits per heavy atom. The zero-order valence-corrected chi connectivity index (χ0v) is 9.59. The van der Waals surface area contributed by atoms with Crippen LogP contribution in [-0.2, 0) is 22.7 Å². The van der Waals surface area contributed by atoms with E-state index in [2.05, 4.69) is 15.6 Å². The minimum Gasteiger partial charge on any atom is -0.369 e. The largest absolute Gasteiger partial charge is 0.369 e.